The third-order valence-corrected chi connectivity index (χ3v) is 6.84. The van der Waals surface area contributed by atoms with Crippen LogP contribution in [0.3, 0.4) is 0 Å². The van der Waals surface area contributed by atoms with Crippen molar-refractivity contribution in [1.29, 1.82) is 0 Å². The monoisotopic (exact) mass is 475 g/mol. The topological polar surface area (TPSA) is 76.8 Å². The van der Waals surface area contributed by atoms with Crippen molar-refractivity contribution in [3.8, 4) is 22.8 Å². The van der Waals surface area contributed by atoms with Gasteiger partial charge < -0.3 is 19.3 Å². The van der Waals surface area contributed by atoms with Gasteiger partial charge in [-0.2, -0.15) is 0 Å². The summed E-state index contributed by atoms with van der Waals surface area (Å²) in [6, 6.07) is 16.2. The highest BCUT2D eigenvalue weighted by Crippen LogP contribution is 2.34. The lowest BCUT2D eigenvalue weighted by Crippen LogP contribution is -2.40. The standard InChI is InChI=1S/C28H33N3O4/c1-19(2)20-6-8-21(9-7-20)24(31-12-4-3-5-13-31)18-29-28(32)23-17-26(35-30-23)22-10-11-25-27(16-22)34-15-14-33-25/h6-11,16-17,19,24H,3-5,12-15,18H2,1-2H3,(H,29,32)/t24-/m1/s1. The van der Waals surface area contributed by atoms with Gasteiger partial charge in [-0.15, -0.1) is 0 Å². The molecule has 184 valence electrons. The number of amides is 1. The Morgan fingerprint density at radius 3 is 2.40 bits per heavy atom. The summed E-state index contributed by atoms with van der Waals surface area (Å²) in [4.78, 5) is 15.5. The maximum absolute atomic E-state index is 13.0. The first kappa shape index (κ1) is 23.4. The summed E-state index contributed by atoms with van der Waals surface area (Å²) in [5.74, 6) is 2.15. The van der Waals surface area contributed by atoms with Gasteiger partial charge in [-0.1, -0.05) is 49.7 Å². The first-order valence-electron chi connectivity index (χ1n) is 12.6. The molecule has 1 amide bonds. The van der Waals surface area contributed by atoms with Crippen LogP contribution in [-0.4, -0.2) is 48.8 Å². The highest BCUT2D eigenvalue weighted by Gasteiger charge is 2.24. The number of carbonyl (C=O) groups excluding carboxylic acids is 1. The zero-order valence-corrected chi connectivity index (χ0v) is 20.5. The molecule has 2 aliphatic heterocycles. The minimum Gasteiger partial charge on any atom is -0.486 e. The third-order valence-electron chi connectivity index (χ3n) is 6.84. The Hall–Kier alpha value is -3.32. The first-order chi connectivity index (χ1) is 17.1. The van der Waals surface area contributed by atoms with Crippen molar-refractivity contribution in [2.75, 3.05) is 32.8 Å². The van der Waals surface area contributed by atoms with Crippen LogP contribution in [0.2, 0.25) is 0 Å². The molecule has 7 heteroatoms. The number of hydrogen-bond donors (Lipinski definition) is 1. The number of nitrogens with one attached hydrogen (secondary N) is 1. The molecule has 3 aromatic rings. The van der Waals surface area contributed by atoms with Crippen LogP contribution in [0.5, 0.6) is 11.5 Å². The zero-order chi connectivity index (χ0) is 24.2. The predicted octanol–water partition coefficient (Wildman–Crippen LogP) is 5.19. The van der Waals surface area contributed by atoms with Gasteiger partial charge in [0.25, 0.3) is 5.91 Å². The van der Waals surface area contributed by atoms with Crippen molar-refractivity contribution in [3.63, 3.8) is 0 Å². The molecule has 3 heterocycles. The highest BCUT2D eigenvalue weighted by atomic mass is 16.6. The molecular weight excluding hydrogens is 442 g/mol. The molecule has 0 spiro atoms. The van der Waals surface area contributed by atoms with Crippen LogP contribution in [0.4, 0.5) is 0 Å². The van der Waals surface area contributed by atoms with E-state index in [2.05, 4.69) is 53.5 Å². The average Bonchev–Trinajstić information content (AvgIpc) is 3.40. The van der Waals surface area contributed by atoms with Crippen LogP contribution in [0, 0.1) is 0 Å². The zero-order valence-electron chi connectivity index (χ0n) is 20.5. The van der Waals surface area contributed by atoms with Crippen LogP contribution >= 0.6 is 0 Å². The molecule has 1 fully saturated rings. The number of ether oxygens (including phenoxy) is 2. The summed E-state index contributed by atoms with van der Waals surface area (Å²) in [5.41, 5.74) is 3.61. The van der Waals surface area contributed by atoms with E-state index in [-0.39, 0.29) is 17.6 Å². The van der Waals surface area contributed by atoms with Crippen molar-refractivity contribution >= 4 is 5.91 Å². The SMILES string of the molecule is CC(C)c1ccc([C@@H](CNC(=O)c2cc(-c3ccc4c(c3)OCCO4)on2)N2CCCCC2)cc1. The molecule has 0 aliphatic carbocycles. The molecule has 2 aromatic carbocycles. The molecule has 35 heavy (non-hydrogen) atoms. The fraction of sp³-hybridized carbons (Fsp3) is 0.429. The van der Waals surface area contributed by atoms with Crippen LogP contribution in [0.25, 0.3) is 11.3 Å². The number of hydrogen-bond acceptors (Lipinski definition) is 6. The normalized spacial score (nSPS) is 16.8. The molecule has 0 radical (unpaired) electrons. The van der Waals surface area contributed by atoms with Crippen molar-refractivity contribution < 1.29 is 18.8 Å². The minimum absolute atomic E-state index is 0.129. The average molecular weight is 476 g/mol. The Morgan fingerprint density at radius 1 is 0.943 bits per heavy atom. The number of benzene rings is 2. The molecule has 0 saturated carbocycles. The largest absolute Gasteiger partial charge is 0.486 e. The van der Waals surface area contributed by atoms with E-state index in [9.17, 15) is 4.79 Å². The summed E-state index contributed by atoms with van der Waals surface area (Å²) < 4.78 is 16.7. The van der Waals surface area contributed by atoms with E-state index in [4.69, 9.17) is 14.0 Å². The summed E-state index contributed by atoms with van der Waals surface area (Å²) >= 11 is 0. The number of fused-ring (bicyclic) bond motifs is 1. The molecule has 0 bridgehead atoms. The molecule has 1 N–H and O–H groups in total. The lowest BCUT2D eigenvalue weighted by Gasteiger charge is -2.35. The van der Waals surface area contributed by atoms with Gasteiger partial charge >= 0.3 is 0 Å². The van der Waals surface area contributed by atoms with Crippen LogP contribution in [0.1, 0.15) is 66.7 Å². The van der Waals surface area contributed by atoms with Crippen LogP contribution in [0.15, 0.2) is 53.1 Å². The number of nitrogens with zero attached hydrogens (tertiary/aromatic N) is 2. The molecule has 1 saturated heterocycles. The summed E-state index contributed by atoms with van der Waals surface area (Å²) in [6.45, 7) is 8.07. The van der Waals surface area contributed by atoms with E-state index < -0.39 is 0 Å². The predicted molar refractivity (Wildman–Crippen MR) is 134 cm³/mol. The van der Waals surface area contributed by atoms with E-state index in [0.717, 1.165) is 18.7 Å². The fourth-order valence-electron chi connectivity index (χ4n) is 4.79. The Balaban J connectivity index is 1.28. The second-order valence-electron chi connectivity index (χ2n) is 9.58. The Bertz CT molecular complexity index is 1150. The van der Waals surface area contributed by atoms with Gasteiger partial charge in [-0.05, 0) is 61.2 Å². The smallest absolute Gasteiger partial charge is 0.273 e. The van der Waals surface area contributed by atoms with E-state index in [1.165, 1.54) is 30.4 Å². The molecule has 1 aromatic heterocycles. The Kier molecular flexibility index (Phi) is 7.04. The molecule has 1 atom stereocenters. The van der Waals surface area contributed by atoms with Gasteiger partial charge in [0.2, 0.25) is 0 Å². The van der Waals surface area contributed by atoms with Crippen LogP contribution in [-0.2, 0) is 0 Å². The molecular formula is C28H33N3O4. The third kappa shape index (κ3) is 5.35. The number of rotatable bonds is 7. The lowest BCUT2D eigenvalue weighted by molar-refractivity contribution is 0.0915. The van der Waals surface area contributed by atoms with E-state index in [1.807, 2.05) is 18.2 Å². The highest BCUT2D eigenvalue weighted by molar-refractivity contribution is 5.93. The van der Waals surface area contributed by atoms with Crippen LogP contribution < -0.4 is 14.8 Å². The number of carbonyl (C=O) groups is 1. The van der Waals surface area contributed by atoms with Crippen molar-refractivity contribution in [2.45, 2.75) is 45.1 Å². The molecule has 0 unspecified atom stereocenters. The van der Waals surface area contributed by atoms with Crippen molar-refractivity contribution in [1.82, 2.24) is 15.4 Å². The van der Waals surface area contributed by atoms with Crippen molar-refractivity contribution in [2.24, 2.45) is 0 Å². The van der Waals surface area contributed by atoms with Gasteiger partial charge in [-0.3, -0.25) is 9.69 Å². The Labute approximate surface area is 206 Å². The van der Waals surface area contributed by atoms with E-state index >= 15 is 0 Å². The van der Waals surface area contributed by atoms with Crippen molar-refractivity contribution in [3.05, 3.63) is 65.4 Å². The second-order valence-corrected chi connectivity index (χ2v) is 9.58. The quantitative estimate of drug-likeness (QED) is 0.507. The number of aromatic nitrogens is 1. The van der Waals surface area contributed by atoms with Gasteiger partial charge in [0, 0.05) is 18.2 Å². The number of likely N-dealkylation sites (tertiary alicyclic amines) is 1. The lowest BCUT2D eigenvalue weighted by atomic mass is 9.97. The Morgan fingerprint density at radius 2 is 1.66 bits per heavy atom. The fourth-order valence-corrected chi connectivity index (χ4v) is 4.79. The van der Waals surface area contributed by atoms with Gasteiger partial charge in [-0.25, -0.2) is 0 Å². The summed E-state index contributed by atoms with van der Waals surface area (Å²) in [5, 5.41) is 7.13. The summed E-state index contributed by atoms with van der Waals surface area (Å²) in [7, 11) is 0. The second kappa shape index (κ2) is 10.5. The number of piperidine rings is 1. The van der Waals surface area contributed by atoms with E-state index in [1.54, 1.807) is 6.07 Å². The van der Waals surface area contributed by atoms with E-state index in [0.29, 0.717) is 42.9 Å². The van der Waals surface area contributed by atoms with Gasteiger partial charge in [0.15, 0.2) is 23.0 Å². The van der Waals surface area contributed by atoms with Gasteiger partial charge in [0.05, 0.1) is 6.04 Å². The molecule has 2 aliphatic rings. The first-order valence-corrected chi connectivity index (χ1v) is 12.6. The van der Waals surface area contributed by atoms with Gasteiger partial charge in [0.1, 0.15) is 13.2 Å². The minimum atomic E-state index is -0.238. The maximum Gasteiger partial charge on any atom is 0.273 e. The molecule has 7 nitrogen and oxygen atoms in total. The molecule has 5 rings (SSSR count). The summed E-state index contributed by atoms with van der Waals surface area (Å²) in [6.07, 6.45) is 3.65. The maximum atomic E-state index is 13.0.